The molecule has 2 unspecified atom stereocenters. The molecule has 0 aromatic heterocycles. The molecule has 7 heavy (non-hydrogen) atoms. The Morgan fingerprint density at radius 1 is 1.86 bits per heavy atom. The highest BCUT2D eigenvalue weighted by atomic mass is 16.3. The third-order valence-electron chi connectivity index (χ3n) is 1.09. The van der Waals surface area contributed by atoms with Gasteiger partial charge in [0.05, 0.1) is 0 Å². The number of rotatable bonds is 2. The molecular formula is C4H12BNO. The second-order valence-electron chi connectivity index (χ2n) is 1.81. The van der Waals surface area contributed by atoms with E-state index >= 15 is 0 Å². The highest BCUT2D eigenvalue weighted by molar-refractivity contribution is 6.11. The lowest BCUT2D eigenvalue weighted by molar-refractivity contribution is 0.220. The summed E-state index contributed by atoms with van der Waals surface area (Å²) >= 11 is 0. The van der Waals surface area contributed by atoms with Crippen LogP contribution in [0.2, 0.25) is 0 Å². The number of hydrogen-bond donors (Lipinski definition) is 2. The first kappa shape index (κ1) is 6.98. The molecule has 0 spiro atoms. The number of aliphatic hydroxyl groups excluding tert-OH is 1. The van der Waals surface area contributed by atoms with Crippen molar-refractivity contribution in [2.24, 2.45) is 5.73 Å². The molecule has 2 atom stereocenters. The van der Waals surface area contributed by atoms with Crippen LogP contribution in [0, 0.1) is 0 Å². The van der Waals surface area contributed by atoms with Gasteiger partial charge in [-0.2, -0.15) is 0 Å². The lowest BCUT2D eigenvalue weighted by atomic mass is 9.92. The van der Waals surface area contributed by atoms with Crippen molar-refractivity contribution < 1.29 is 5.11 Å². The van der Waals surface area contributed by atoms with E-state index in [2.05, 4.69) is 0 Å². The van der Waals surface area contributed by atoms with E-state index in [9.17, 15) is 0 Å². The Labute approximate surface area is 45.1 Å². The van der Waals surface area contributed by atoms with Crippen molar-refractivity contribution in [2.45, 2.75) is 25.4 Å². The molecule has 0 aromatic carbocycles. The Balaban J connectivity index is 3.14. The van der Waals surface area contributed by atoms with Gasteiger partial charge in [0.1, 0.15) is 7.85 Å². The molecule has 0 saturated heterocycles. The van der Waals surface area contributed by atoms with E-state index in [1.54, 1.807) is 7.85 Å². The summed E-state index contributed by atoms with van der Waals surface area (Å²) in [5.41, 5.74) is 5.37. The Morgan fingerprint density at radius 3 is 2.29 bits per heavy atom. The van der Waals surface area contributed by atoms with E-state index in [0.717, 1.165) is 6.42 Å². The van der Waals surface area contributed by atoms with Crippen LogP contribution in [0.5, 0.6) is 0 Å². The molecule has 0 heterocycles. The largest absolute Gasteiger partial charge is 0.401 e. The zero-order valence-corrected chi connectivity index (χ0v) is 4.89. The molecule has 0 aromatic rings. The summed E-state index contributed by atoms with van der Waals surface area (Å²) < 4.78 is 0. The van der Waals surface area contributed by atoms with Crippen molar-refractivity contribution in [3.8, 4) is 0 Å². The Morgan fingerprint density at radius 2 is 2.29 bits per heavy atom. The Hall–Kier alpha value is -0.0151. The quantitative estimate of drug-likeness (QED) is 0.423. The van der Waals surface area contributed by atoms with Crippen LogP contribution in [0.25, 0.3) is 0 Å². The molecule has 0 aliphatic rings. The molecule has 0 saturated carbocycles. The molecule has 3 N–H and O–H groups in total. The lowest BCUT2D eigenvalue weighted by Gasteiger charge is -2.09. The summed E-state index contributed by atoms with van der Waals surface area (Å²) in [5.74, 6) is 0. The van der Waals surface area contributed by atoms with Crippen molar-refractivity contribution in [3.63, 3.8) is 0 Å². The molecule has 0 aliphatic heterocycles. The summed E-state index contributed by atoms with van der Waals surface area (Å²) in [5, 5.41) is 8.70. The molecule has 0 rings (SSSR count). The molecule has 3 heteroatoms. The first-order chi connectivity index (χ1) is 3.18. The SMILES string of the molecule is BC(O)C(N)CC. The van der Waals surface area contributed by atoms with Crippen molar-refractivity contribution in [1.29, 1.82) is 0 Å². The standard InChI is InChI=1S/C4H12BNO/c1-2-3(6)4(5)7/h3-4,7H,2,5-6H2,1H3. The summed E-state index contributed by atoms with van der Waals surface area (Å²) in [6.45, 7) is 1.96. The number of nitrogens with two attached hydrogens (primary N) is 1. The average molecular weight is 101 g/mol. The summed E-state index contributed by atoms with van der Waals surface area (Å²) in [4.78, 5) is 0. The van der Waals surface area contributed by atoms with E-state index in [4.69, 9.17) is 10.8 Å². The summed E-state index contributed by atoms with van der Waals surface area (Å²) in [6, 6.07) is -0.398. The topological polar surface area (TPSA) is 46.2 Å². The summed E-state index contributed by atoms with van der Waals surface area (Å²) in [6.07, 6.45) is 0.845. The van der Waals surface area contributed by atoms with Crippen LogP contribution in [-0.4, -0.2) is 25.0 Å². The van der Waals surface area contributed by atoms with Crippen LogP contribution in [0.15, 0.2) is 0 Å². The predicted octanol–water partition coefficient (Wildman–Crippen LogP) is -1.32. The third-order valence-corrected chi connectivity index (χ3v) is 1.09. The molecule has 0 fully saturated rings. The summed E-state index contributed by atoms with van der Waals surface area (Å²) in [7, 11) is 1.70. The van der Waals surface area contributed by atoms with E-state index in [1.165, 1.54) is 0 Å². The molecule has 0 radical (unpaired) electrons. The first-order valence-electron chi connectivity index (χ1n) is 2.62. The van der Waals surface area contributed by atoms with E-state index in [0.29, 0.717) is 0 Å². The third kappa shape index (κ3) is 2.65. The maximum atomic E-state index is 8.70. The minimum atomic E-state index is -0.356. The van der Waals surface area contributed by atoms with Crippen LogP contribution in [0.1, 0.15) is 13.3 Å². The predicted molar refractivity (Wildman–Crippen MR) is 32.8 cm³/mol. The highest BCUT2D eigenvalue weighted by Crippen LogP contribution is 1.87. The fraction of sp³-hybridized carbons (Fsp3) is 1.00. The van der Waals surface area contributed by atoms with Crippen molar-refractivity contribution >= 4 is 7.85 Å². The Kier molecular flexibility index (Phi) is 3.04. The van der Waals surface area contributed by atoms with E-state index in [1.807, 2.05) is 6.92 Å². The molecular weight excluding hydrogens is 88.9 g/mol. The van der Waals surface area contributed by atoms with Gasteiger partial charge in [0.15, 0.2) is 0 Å². The molecule has 0 bridgehead atoms. The van der Waals surface area contributed by atoms with Gasteiger partial charge in [-0.15, -0.1) is 0 Å². The maximum Gasteiger partial charge on any atom is 0.140 e. The molecule has 0 aliphatic carbocycles. The van der Waals surface area contributed by atoms with Crippen LogP contribution >= 0.6 is 0 Å². The van der Waals surface area contributed by atoms with Gasteiger partial charge in [0.2, 0.25) is 0 Å². The van der Waals surface area contributed by atoms with Gasteiger partial charge in [-0.1, -0.05) is 6.92 Å². The Bertz CT molecular complexity index is 49.0. The van der Waals surface area contributed by atoms with Crippen molar-refractivity contribution in [1.82, 2.24) is 0 Å². The van der Waals surface area contributed by atoms with E-state index < -0.39 is 0 Å². The van der Waals surface area contributed by atoms with Crippen molar-refractivity contribution in [2.75, 3.05) is 0 Å². The second kappa shape index (κ2) is 3.05. The molecule has 0 amide bonds. The number of aliphatic hydroxyl groups is 1. The smallest absolute Gasteiger partial charge is 0.140 e. The maximum absolute atomic E-state index is 8.70. The lowest BCUT2D eigenvalue weighted by Crippen LogP contribution is -2.33. The van der Waals surface area contributed by atoms with E-state index in [-0.39, 0.29) is 12.0 Å². The first-order valence-corrected chi connectivity index (χ1v) is 2.62. The van der Waals surface area contributed by atoms with Gasteiger partial charge < -0.3 is 10.8 Å². The zero-order valence-electron chi connectivity index (χ0n) is 4.89. The number of hydrogen-bond acceptors (Lipinski definition) is 2. The molecule has 42 valence electrons. The van der Waals surface area contributed by atoms with Crippen LogP contribution in [-0.2, 0) is 0 Å². The minimum Gasteiger partial charge on any atom is -0.401 e. The molecule has 2 nitrogen and oxygen atoms in total. The van der Waals surface area contributed by atoms with Gasteiger partial charge in [-0.25, -0.2) is 0 Å². The average Bonchev–Trinajstić information content (AvgIpc) is 1.65. The normalized spacial score (nSPS) is 18.7. The monoisotopic (exact) mass is 101 g/mol. The van der Waals surface area contributed by atoms with Gasteiger partial charge in [0, 0.05) is 12.0 Å². The van der Waals surface area contributed by atoms with Gasteiger partial charge in [-0.05, 0) is 6.42 Å². The fourth-order valence-corrected chi connectivity index (χ4v) is 0.341. The van der Waals surface area contributed by atoms with Crippen LogP contribution < -0.4 is 5.73 Å². The van der Waals surface area contributed by atoms with Crippen molar-refractivity contribution in [3.05, 3.63) is 0 Å². The zero-order chi connectivity index (χ0) is 5.86. The fourth-order valence-electron chi connectivity index (χ4n) is 0.341. The van der Waals surface area contributed by atoms with Crippen LogP contribution in [0.4, 0.5) is 0 Å². The highest BCUT2D eigenvalue weighted by Gasteiger charge is 2.03. The minimum absolute atomic E-state index is 0.0417. The van der Waals surface area contributed by atoms with Crippen LogP contribution in [0.3, 0.4) is 0 Å². The second-order valence-corrected chi connectivity index (χ2v) is 1.81. The van der Waals surface area contributed by atoms with Gasteiger partial charge >= 0.3 is 0 Å². The van der Waals surface area contributed by atoms with Gasteiger partial charge in [-0.3, -0.25) is 0 Å². The van der Waals surface area contributed by atoms with Gasteiger partial charge in [0.25, 0.3) is 0 Å².